The van der Waals surface area contributed by atoms with Crippen LogP contribution in [-0.2, 0) is 22.3 Å². The van der Waals surface area contributed by atoms with Gasteiger partial charge in [-0.2, -0.15) is 0 Å². The van der Waals surface area contributed by atoms with Gasteiger partial charge in [-0.1, -0.05) is 22.0 Å². The summed E-state index contributed by atoms with van der Waals surface area (Å²) < 4.78 is 12.8. The number of carbonyl (C=O) groups excluding carboxylic acids is 1. The molecule has 0 radical (unpaired) electrons. The number of benzene rings is 1. The van der Waals surface area contributed by atoms with Gasteiger partial charge in [0.25, 0.3) is 0 Å². The van der Waals surface area contributed by atoms with Gasteiger partial charge in [-0.3, -0.25) is 0 Å². The van der Waals surface area contributed by atoms with Crippen LogP contribution >= 0.6 is 15.9 Å². The fraction of sp³-hybridized carbons (Fsp3) is 0.611. The van der Waals surface area contributed by atoms with Gasteiger partial charge in [-0.15, -0.1) is 0 Å². The lowest BCUT2D eigenvalue weighted by molar-refractivity contribution is -0.114. The molecule has 126 valence electrons. The third-order valence-corrected chi connectivity index (χ3v) is 4.92. The standard InChI is InChI=1S/C18H24BrNO3/c1-17(2,3)23-16(21)20-8-9-22-18(12-20)7-6-13-10-15(19)5-4-14(13)11-18/h4-5,10H,6-9,11-12H2,1-3H3. The number of carbonyl (C=O) groups is 1. The predicted octanol–water partition coefficient (Wildman–Crippen LogP) is 3.94. The largest absolute Gasteiger partial charge is 0.444 e. The molecule has 0 N–H and O–H groups in total. The lowest BCUT2D eigenvalue weighted by Crippen LogP contribution is -2.56. The highest BCUT2D eigenvalue weighted by Gasteiger charge is 2.41. The van der Waals surface area contributed by atoms with Crippen LogP contribution in [0, 0.1) is 0 Å². The average Bonchev–Trinajstić information content (AvgIpc) is 2.46. The summed E-state index contributed by atoms with van der Waals surface area (Å²) >= 11 is 3.53. The first-order chi connectivity index (χ1) is 10.8. The Morgan fingerprint density at radius 1 is 1.35 bits per heavy atom. The SMILES string of the molecule is CC(C)(C)OC(=O)N1CCOC2(CCc3cc(Br)ccc3C2)C1. The van der Waals surface area contributed by atoms with Crippen LogP contribution in [0.1, 0.15) is 38.3 Å². The molecule has 1 aliphatic carbocycles. The van der Waals surface area contributed by atoms with Crippen LogP contribution < -0.4 is 0 Å². The highest BCUT2D eigenvalue weighted by molar-refractivity contribution is 9.10. The summed E-state index contributed by atoms with van der Waals surface area (Å²) in [5.41, 5.74) is 1.97. The molecule has 1 aromatic carbocycles. The van der Waals surface area contributed by atoms with Crippen LogP contribution in [0.3, 0.4) is 0 Å². The number of morpholine rings is 1. The molecule has 4 nitrogen and oxygen atoms in total. The van der Waals surface area contributed by atoms with E-state index in [1.807, 2.05) is 20.8 Å². The monoisotopic (exact) mass is 381 g/mol. The maximum atomic E-state index is 12.4. The zero-order valence-electron chi connectivity index (χ0n) is 14.0. The molecule has 3 rings (SSSR count). The van der Waals surface area contributed by atoms with Gasteiger partial charge >= 0.3 is 6.09 Å². The molecule has 0 bridgehead atoms. The Kier molecular flexibility index (Phi) is 4.45. The Morgan fingerprint density at radius 3 is 2.87 bits per heavy atom. The predicted molar refractivity (Wildman–Crippen MR) is 92.7 cm³/mol. The average molecular weight is 382 g/mol. The molecular weight excluding hydrogens is 358 g/mol. The highest BCUT2D eigenvalue weighted by Crippen LogP contribution is 2.35. The first kappa shape index (κ1) is 16.8. The fourth-order valence-electron chi connectivity index (χ4n) is 3.38. The van der Waals surface area contributed by atoms with E-state index >= 15 is 0 Å². The maximum absolute atomic E-state index is 12.4. The molecule has 1 spiro atoms. The molecule has 5 heteroatoms. The van der Waals surface area contributed by atoms with Gasteiger partial charge in [0.15, 0.2) is 0 Å². The van der Waals surface area contributed by atoms with Crippen molar-refractivity contribution in [2.75, 3.05) is 19.7 Å². The molecule has 1 aromatic rings. The van der Waals surface area contributed by atoms with Gasteiger partial charge in [-0.05, 0) is 56.9 Å². The van der Waals surface area contributed by atoms with Crippen molar-refractivity contribution in [1.29, 1.82) is 0 Å². The van der Waals surface area contributed by atoms with Gasteiger partial charge in [-0.25, -0.2) is 4.79 Å². The zero-order chi connectivity index (χ0) is 16.7. The van der Waals surface area contributed by atoms with Crippen molar-refractivity contribution in [2.45, 2.75) is 51.2 Å². The van der Waals surface area contributed by atoms with Gasteiger partial charge in [0.2, 0.25) is 0 Å². The molecule has 1 amide bonds. The molecule has 1 saturated heterocycles. The lowest BCUT2D eigenvalue weighted by Gasteiger charge is -2.45. The lowest BCUT2D eigenvalue weighted by atomic mass is 9.79. The molecule has 0 saturated carbocycles. The second-order valence-corrected chi connectivity index (χ2v) is 8.44. The van der Waals surface area contributed by atoms with Crippen LogP contribution in [-0.4, -0.2) is 41.9 Å². The van der Waals surface area contributed by atoms with Crippen LogP contribution in [0.4, 0.5) is 4.79 Å². The Hall–Kier alpha value is -1.07. The third kappa shape index (κ3) is 3.89. The Morgan fingerprint density at radius 2 is 2.13 bits per heavy atom. The summed E-state index contributed by atoms with van der Waals surface area (Å²) in [5, 5.41) is 0. The minimum atomic E-state index is -0.464. The molecule has 1 aliphatic heterocycles. The van der Waals surface area contributed by atoms with E-state index in [0.717, 1.165) is 23.7 Å². The van der Waals surface area contributed by atoms with Gasteiger partial charge in [0.05, 0.1) is 18.8 Å². The van der Waals surface area contributed by atoms with Gasteiger partial charge < -0.3 is 14.4 Å². The number of rotatable bonds is 0. The van der Waals surface area contributed by atoms with Crippen molar-refractivity contribution in [2.24, 2.45) is 0 Å². The number of aryl methyl sites for hydroxylation is 1. The zero-order valence-corrected chi connectivity index (χ0v) is 15.6. The van der Waals surface area contributed by atoms with E-state index in [2.05, 4.69) is 34.1 Å². The van der Waals surface area contributed by atoms with Crippen LogP contribution in [0.15, 0.2) is 22.7 Å². The van der Waals surface area contributed by atoms with Crippen LogP contribution in [0.2, 0.25) is 0 Å². The Balaban J connectivity index is 1.73. The maximum Gasteiger partial charge on any atom is 0.410 e. The summed E-state index contributed by atoms with van der Waals surface area (Å²) in [4.78, 5) is 14.2. The second-order valence-electron chi connectivity index (χ2n) is 7.52. The van der Waals surface area contributed by atoms with Crippen molar-refractivity contribution in [3.63, 3.8) is 0 Å². The minimum absolute atomic E-state index is 0.234. The van der Waals surface area contributed by atoms with Crippen molar-refractivity contribution in [3.8, 4) is 0 Å². The van der Waals surface area contributed by atoms with E-state index in [4.69, 9.17) is 9.47 Å². The van der Waals surface area contributed by atoms with E-state index in [1.165, 1.54) is 11.1 Å². The van der Waals surface area contributed by atoms with E-state index < -0.39 is 5.60 Å². The third-order valence-electron chi connectivity index (χ3n) is 4.43. The van der Waals surface area contributed by atoms with E-state index in [0.29, 0.717) is 19.7 Å². The summed E-state index contributed by atoms with van der Waals surface area (Å²) in [6, 6.07) is 6.43. The summed E-state index contributed by atoms with van der Waals surface area (Å²) in [5.74, 6) is 0. The normalized spacial score (nSPS) is 24.4. The van der Waals surface area contributed by atoms with E-state index in [1.54, 1.807) is 4.90 Å². The summed E-state index contributed by atoms with van der Waals surface area (Å²) in [6.07, 6.45) is 2.54. The number of nitrogens with zero attached hydrogens (tertiary/aromatic N) is 1. The molecule has 1 unspecified atom stereocenters. The van der Waals surface area contributed by atoms with Crippen LogP contribution in [0.5, 0.6) is 0 Å². The quantitative estimate of drug-likeness (QED) is 0.682. The van der Waals surface area contributed by atoms with E-state index in [9.17, 15) is 4.79 Å². The smallest absolute Gasteiger partial charge is 0.410 e. The number of hydrogen-bond donors (Lipinski definition) is 0. The van der Waals surface area contributed by atoms with Crippen molar-refractivity contribution in [1.82, 2.24) is 4.90 Å². The molecule has 0 aromatic heterocycles. The first-order valence-corrected chi connectivity index (χ1v) is 8.95. The number of fused-ring (bicyclic) bond motifs is 1. The highest BCUT2D eigenvalue weighted by atomic mass is 79.9. The number of ether oxygens (including phenoxy) is 2. The second kappa shape index (κ2) is 6.10. The summed E-state index contributed by atoms with van der Waals surface area (Å²) in [6.45, 7) is 7.48. The number of hydrogen-bond acceptors (Lipinski definition) is 3. The fourth-order valence-corrected chi connectivity index (χ4v) is 3.79. The molecular formula is C18H24BrNO3. The van der Waals surface area contributed by atoms with Crippen molar-refractivity contribution >= 4 is 22.0 Å². The molecule has 1 fully saturated rings. The Labute approximate surface area is 146 Å². The van der Waals surface area contributed by atoms with Crippen molar-refractivity contribution in [3.05, 3.63) is 33.8 Å². The Bertz CT molecular complexity index is 611. The molecule has 1 atom stereocenters. The van der Waals surface area contributed by atoms with Crippen LogP contribution in [0.25, 0.3) is 0 Å². The van der Waals surface area contributed by atoms with E-state index in [-0.39, 0.29) is 11.7 Å². The first-order valence-electron chi connectivity index (χ1n) is 8.16. The molecule has 2 aliphatic rings. The van der Waals surface area contributed by atoms with Gasteiger partial charge in [0, 0.05) is 17.4 Å². The molecule has 23 heavy (non-hydrogen) atoms. The van der Waals surface area contributed by atoms with Crippen molar-refractivity contribution < 1.29 is 14.3 Å². The number of halogens is 1. The topological polar surface area (TPSA) is 38.8 Å². The minimum Gasteiger partial charge on any atom is -0.444 e. The summed E-state index contributed by atoms with van der Waals surface area (Å²) in [7, 11) is 0. The van der Waals surface area contributed by atoms with Gasteiger partial charge in [0.1, 0.15) is 5.60 Å². The number of amides is 1. The molecule has 1 heterocycles.